The van der Waals surface area contributed by atoms with E-state index in [4.69, 9.17) is 4.74 Å². The molecule has 0 aromatic heterocycles. The van der Waals surface area contributed by atoms with Crippen molar-refractivity contribution in [2.75, 3.05) is 20.2 Å². The predicted molar refractivity (Wildman–Crippen MR) is 173 cm³/mol. The van der Waals surface area contributed by atoms with E-state index in [-0.39, 0.29) is 30.2 Å². The van der Waals surface area contributed by atoms with Gasteiger partial charge < -0.3 is 20.1 Å². The van der Waals surface area contributed by atoms with Gasteiger partial charge in [-0.15, -0.1) is 0 Å². The van der Waals surface area contributed by atoms with Gasteiger partial charge in [-0.3, -0.25) is 14.4 Å². The summed E-state index contributed by atoms with van der Waals surface area (Å²) in [7, 11) is 1.60. The van der Waals surface area contributed by atoms with Gasteiger partial charge in [0.05, 0.1) is 13.5 Å². The Morgan fingerprint density at radius 3 is 2.05 bits per heavy atom. The molecule has 4 aromatic carbocycles. The number of ether oxygens (including phenoxy) is 1. The van der Waals surface area contributed by atoms with Crippen LogP contribution < -0.4 is 10.1 Å². The number of rotatable bonds is 12. The van der Waals surface area contributed by atoms with Gasteiger partial charge in [-0.05, 0) is 63.9 Å². The van der Waals surface area contributed by atoms with Gasteiger partial charge in [-0.25, -0.2) is 0 Å². The van der Waals surface area contributed by atoms with Crippen LogP contribution in [0.25, 0.3) is 11.1 Å². The summed E-state index contributed by atoms with van der Waals surface area (Å²) in [6.07, 6.45) is 0.349. The van der Waals surface area contributed by atoms with Gasteiger partial charge in [-0.2, -0.15) is 0 Å². The lowest BCUT2D eigenvalue weighted by Crippen LogP contribution is -2.35. The molecule has 4 aromatic rings. The number of hydrogen-bond acceptors (Lipinski definition) is 4. The molecular formula is C37H40N2O5. The Balaban J connectivity index is 1.57. The minimum Gasteiger partial charge on any atom is -0.497 e. The summed E-state index contributed by atoms with van der Waals surface area (Å²) in [5.41, 5.74) is 5.33. The molecule has 0 spiro atoms. The second-order valence-electron chi connectivity index (χ2n) is 11.8. The summed E-state index contributed by atoms with van der Waals surface area (Å²) >= 11 is 0. The molecule has 2 N–H and O–H groups in total. The van der Waals surface area contributed by atoms with Crippen LogP contribution in [-0.2, 0) is 23.2 Å². The average molecular weight is 593 g/mol. The van der Waals surface area contributed by atoms with Crippen molar-refractivity contribution in [2.45, 2.75) is 45.6 Å². The Morgan fingerprint density at radius 2 is 1.41 bits per heavy atom. The third-order valence-corrected chi connectivity index (χ3v) is 7.58. The van der Waals surface area contributed by atoms with E-state index in [9.17, 15) is 19.5 Å². The minimum absolute atomic E-state index is 0.0455. The standard InChI is InChI=1S/C37H40N2O5/c1-37(2,3)28-18-16-27(17-19-28)25-38-35(42)32-14-7-5-12-30(32)31-13-6-8-15-33(31)36(43)39(23-21-34(40)41)22-20-26-10-9-11-29(24-26)44-4/h5-19,24H,20-23,25H2,1-4H3,(H,38,42)(H,40,41). The van der Waals surface area contributed by atoms with E-state index < -0.39 is 5.97 Å². The number of carboxylic acid groups (broad SMARTS) is 1. The van der Waals surface area contributed by atoms with Crippen molar-refractivity contribution in [1.82, 2.24) is 10.2 Å². The number of benzene rings is 4. The maximum absolute atomic E-state index is 14.0. The van der Waals surface area contributed by atoms with Crippen molar-refractivity contribution in [2.24, 2.45) is 0 Å². The van der Waals surface area contributed by atoms with Crippen molar-refractivity contribution in [3.05, 3.63) is 125 Å². The fraction of sp³-hybridized carbons (Fsp3) is 0.270. The van der Waals surface area contributed by atoms with Crippen LogP contribution >= 0.6 is 0 Å². The fourth-order valence-corrected chi connectivity index (χ4v) is 5.03. The number of nitrogens with one attached hydrogen (secondary N) is 1. The molecule has 0 heterocycles. The van der Waals surface area contributed by atoms with E-state index in [0.717, 1.165) is 11.1 Å². The molecule has 0 unspecified atom stereocenters. The van der Waals surface area contributed by atoms with E-state index in [1.807, 2.05) is 60.7 Å². The first kappa shape index (κ1) is 32.0. The predicted octanol–water partition coefficient (Wildman–Crippen LogP) is 6.75. The maximum Gasteiger partial charge on any atom is 0.305 e. The van der Waals surface area contributed by atoms with Crippen molar-refractivity contribution in [3.63, 3.8) is 0 Å². The highest BCUT2D eigenvalue weighted by Crippen LogP contribution is 2.29. The molecule has 4 rings (SSSR count). The number of amides is 2. The molecule has 0 aliphatic carbocycles. The third-order valence-electron chi connectivity index (χ3n) is 7.58. The number of aliphatic carboxylic acids is 1. The summed E-state index contributed by atoms with van der Waals surface area (Å²) in [5.74, 6) is -0.803. The number of carboxylic acids is 1. The molecule has 44 heavy (non-hydrogen) atoms. The first-order valence-electron chi connectivity index (χ1n) is 14.8. The number of hydrogen-bond donors (Lipinski definition) is 2. The fourth-order valence-electron chi connectivity index (χ4n) is 5.03. The lowest BCUT2D eigenvalue weighted by atomic mass is 9.87. The molecule has 228 valence electrons. The highest BCUT2D eigenvalue weighted by Gasteiger charge is 2.23. The van der Waals surface area contributed by atoms with Crippen LogP contribution in [0, 0.1) is 0 Å². The van der Waals surface area contributed by atoms with Gasteiger partial charge in [0.25, 0.3) is 11.8 Å². The number of nitrogens with zero attached hydrogens (tertiary/aromatic N) is 1. The molecule has 7 heteroatoms. The Morgan fingerprint density at radius 1 is 0.773 bits per heavy atom. The Hall–Kier alpha value is -4.91. The zero-order valence-corrected chi connectivity index (χ0v) is 25.8. The van der Waals surface area contributed by atoms with E-state index in [0.29, 0.717) is 47.5 Å². The zero-order valence-electron chi connectivity index (χ0n) is 25.8. The van der Waals surface area contributed by atoms with E-state index in [2.05, 4.69) is 38.2 Å². The van der Waals surface area contributed by atoms with Crippen LogP contribution in [0.4, 0.5) is 0 Å². The first-order valence-corrected chi connectivity index (χ1v) is 14.8. The normalized spacial score (nSPS) is 11.1. The number of methoxy groups -OCH3 is 1. The van der Waals surface area contributed by atoms with E-state index >= 15 is 0 Å². The second kappa shape index (κ2) is 14.5. The van der Waals surface area contributed by atoms with Gasteiger partial charge in [0.1, 0.15) is 5.75 Å². The minimum atomic E-state index is -0.979. The lowest BCUT2D eigenvalue weighted by Gasteiger charge is -2.24. The highest BCUT2D eigenvalue weighted by atomic mass is 16.5. The van der Waals surface area contributed by atoms with E-state index in [1.165, 1.54) is 5.56 Å². The second-order valence-corrected chi connectivity index (χ2v) is 11.8. The summed E-state index contributed by atoms with van der Waals surface area (Å²) in [6, 6.07) is 30.2. The lowest BCUT2D eigenvalue weighted by molar-refractivity contribution is -0.137. The van der Waals surface area contributed by atoms with Crippen LogP contribution in [0.1, 0.15) is 64.6 Å². The summed E-state index contributed by atoms with van der Waals surface area (Å²) < 4.78 is 5.32. The quantitative estimate of drug-likeness (QED) is 0.190. The Labute approximate surface area is 259 Å². The van der Waals surface area contributed by atoms with Crippen LogP contribution in [0.15, 0.2) is 97.1 Å². The maximum atomic E-state index is 14.0. The molecule has 0 atom stereocenters. The van der Waals surface area contributed by atoms with Crippen molar-refractivity contribution < 1.29 is 24.2 Å². The van der Waals surface area contributed by atoms with Gasteiger partial charge in [0.15, 0.2) is 0 Å². The molecule has 0 aliphatic heterocycles. The molecule has 0 fully saturated rings. The Bertz CT molecular complexity index is 1600. The van der Waals surface area contributed by atoms with Gasteiger partial charge >= 0.3 is 5.97 Å². The number of carbonyl (C=O) groups is 3. The molecule has 7 nitrogen and oxygen atoms in total. The van der Waals surface area contributed by atoms with Crippen LogP contribution in [-0.4, -0.2) is 48.0 Å². The molecule has 0 aliphatic rings. The topological polar surface area (TPSA) is 95.9 Å². The van der Waals surface area contributed by atoms with Crippen LogP contribution in [0.5, 0.6) is 5.75 Å². The zero-order chi connectivity index (χ0) is 31.7. The molecule has 0 bridgehead atoms. The molecule has 0 radical (unpaired) electrons. The summed E-state index contributed by atoms with van der Waals surface area (Å²) in [4.78, 5) is 40.5. The first-order chi connectivity index (χ1) is 21.1. The Kier molecular flexibility index (Phi) is 10.6. The third kappa shape index (κ3) is 8.34. The summed E-state index contributed by atoms with van der Waals surface area (Å²) in [5, 5.41) is 12.4. The van der Waals surface area contributed by atoms with Crippen LogP contribution in [0.3, 0.4) is 0 Å². The molecule has 0 saturated heterocycles. The van der Waals surface area contributed by atoms with E-state index in [1.54, 1.807) is 36.3 Å². The molecular weight excluding hydrogens is 552 g/mol. The number of carbonyl (C=O) groups excluding carboxylic acids is 2. The van der Waals surface area contributed by atoms with Crippen molar-refractivity contribution in [1.29, 1.82) is 0 Å². The largest absolute Gasteiger partial charge is 0.497 e. The smallest absolute Gasteiger partial charge is 0.305 e. The van der Waals surface area contributed by atoms with Crippen molar-refractivity contribution >= 4 is 17.8 Å². The highest BCUT2D eigenvalue weighted by molar-refractivity contribution is 6.06. The van der Waals surface area contributed by atoms with Crippen LogP contribution in [0.2, 0.25) is 0 Å². The van der Waals surface area contributed by atoms with Crippen molar-refractivity contribution in [3.8, 4) is 16.9 Å². The molecule has 0 saturated carbocycles. The van der Waals surface area contributed by atoms with Gasteiger partial charge in [0.2, 0.25) is 0 Å². The monoisotopic (exact) mass is 592 g/mol. The average Bonchev–Trinajstić information content (AvgIpc) is 3.03. The molecule has 2 amide bonds. The van der Waals surface area contributed by atoms with Gasteiger partial charge in [0, 0.05) is 30.8 Å². The van der Waals surface area contributed by atoms with Gasteiger partial charge in [-0.1, -0.05) is 93.6 Å². The summed E-state index contributed by atoms with van der Waals surface area (Å²) in [6.45, 7) is 7.23. The SMILES string of the molecule is COc1cccc(CCN(CCC(=O)O)C(=O)c2ccccc2-c2ccccc2C(=O)NCc2ccc(C(C)(C)C)cc2)c1.